The molecule has 0 saturated heterocycles. The molecule has 0 heterocycles. The van der Waals surface area contributed by atoms with Crippen LogP contribution in [0, 0.1) is 5.92 Å². The molecule has 0 N–H and O–H groups in total. The predicted octanol–water partition coefficient (Wildman–Crippen LogP) is 3.99. The van der Waals surface area contributed by atoms with E-state index in [2.05, 4.69) is 34.6 Å². The molecule has 0 bridgehead atoms. The molecule has 1 fully saturated rings. The summed E-state index contributed by atoms with van der Waals surface area (Å²) in [5, 5.41) is 0. The Kier molecular flexibility index (Phi) is 3.91. The molecule has 0 aromatic carbocycles. The molecule has 0 aromatic rings. The van der Waals surface area contributed by atoms with Crippen molar-refractivity contribution in [2.24, 2.45) is 10.9 Å². The van der Waals surface area contributed by atoms with Crippen molar-refractivity contribution in [1.29, 1.82) is 0 Å². The van der Waals surface area contributed by atoms with Gasteiger partial charge in [0.15, 0.2) is 0 Å². The van der Waals surface area contributed by atoms with Crippen LogP contribution in [0.1, 0.15) is 53.9 Å². The third-order valence-electron chi connectivity index (χ3n) is 3.52. The molecule has 0 radical (unpaired) electrons. The summed E-state index contributed by atoms with van der Waals surface area (Å²) in [7, 11) is 0. The molecule has 1 heteroatoms. The van der Waals surface area contributed by atoms with E-state index in [0.29, 0.717) is 6.04 Å². The maximum absolute atomic E-state index is 4.78. The maximum atomic E-state index is 4.78. The minimum atomic E-state index is 0.526. The molecule has 1 aliphatic rings. The van der Waals surface area contributed by atoms with E-state index < -0.39 is 0 Å². The highest BCUT2D eigenvalue weighted by Crippen LogP contribution is 2.31. The zero-order chi connectivity index (χ0) is 10.7. The quantitative estimate of drug-likeness (QED) is 0.601. The molecule has 1 aliphatic carbocycles. The summed E-state index contributed by atoms with van der Waals surface area (Å²) in [5.74, 6) is 0.856. The summed E-state index contributed by atoms with van der Waals surface area (Å²) in [6, 6.07) is 0.526. The topological polar surface area (TPSA) is 12.4 Å². The minimum absolute atomic E-state index is 0.526. The van der Waals surface area contributed by atoms with Crippen LogP contribution in [0.15, 0.2) is 16.1 Å². The second-order valence-corrected chi connectivity index (χ2v) is 4.77. The van der Waals surface area contributed by atoms with Gasteiger partial charge in [-0.2, -0.15) is 0 Å². The SMILES string of the molecule is CC(=NC(C)C1CCC1)C(C)=C(C)C. The number of hydrogen-bond donors (Lipinski definition) is 0. The van der Waals surface area contributed by atoms with Crippen molar-refractivity contribution in [3.8, 4) is 0 Å². The fourth-order valence-electron chi connectivity index (χ4n) is 1.79. The van der Waals surface area contributed by atoms with Crippen molar-refractivity contribution in [2.45, 2.75) is 59.9 Å². The fraction of sp³-hybridized carbons (Fsp3) is 0.769. The van der Waals surface area contributed by atoms with Crippen molar-refractivity contribution < 1.29 is 0 Å². The smallest absolute Gasteiger partial charge is 0.0502 e. The van der Waals surface area contributed by atoms with Gasteiger partial charge in [-0.05, 0) is 59.0 Å². The Balaban J connectivity index is 2.62. The van der Waals surface area contributed by atoms with E-state index in [4.69, 9.17) is 4.99 Å². The van der Waals surface area contributed by atoms with Gasteiger partial charge in [-0.3, -0.25) is 4.99 Å². The van der Waals surface area contributed by atoms with Gasteiger partial charge in [-0.25, -0.2) is 0 Å². The van der Waals surface area contributed by atoms with Crippen molar-refractivity contribution in [3.63, 3.8) is 0 Å². The van der Waals surface area contributed by atoms with Gasteiger partial charge < -0.3 is 0 Å². The number of rotatable bonds is 3. The lowest BCUT2D eigenvalue weighted by molar-refractivity contribution is 0.274. The van der Waals surface area contributed by atoms with E-state index in [9.17, 15) is 0 Å². The maximum Gasteiger partial charge on any atom is 0.0502 e. The Bertz CT molecular complexity index is 252. The lowest BCUT2D eigenvalue weighted by atomic mass is 9.80. The molecule has 80 valence electrons. The van der Waals surface area contributed by atoms with Crippen LogP contribution in [0.25, 0.3) is 0 Å². The van der Waals surface area contributed by atoms with Gasteiger partial charge in [0.05, 0.1) is 6.04 Å². The molecule has 1 nitrogen and oxygen atoms in total. The number of hydrogen-bond acceptors (Lipinski definition) is 1. The lowest BCUT2D eigenvalue weighted by Gasteiger charge is -2.29. The Morgan fingerprint density at radius 1 is 1.14 bits per heavy atom. The molecular formula is C13H23N. The average molecular weight is 193 g/mol. The van der Waals surface area contributed by atoms with Crippen LogP contribution < -0.4 is 0 Å². The molecule has 1 atom stereocenters. The largest absolute Gasteiger partial charge is 0.286 e. The zero-order valence-electron chi connectivity index (χ0n) is 10.2. The minimum Gasteiger partial charge on any atom is -0.286 e. The first kappa shape index (κ1) is 11.5. The van der Waals surface area contributed by atoms with Gasteiger partial charge in [-0.15, -0.1) is 0 Å². The normalized spacial score (nSPS) is 20.2. The second-order valence-electron chi connectivity index (χ2n) is 4.77. The molecule has 1 saturated carbocycles. The van der Waals surface area contributed by atoms with Gasteiger partial charge >= 0.3 is 0 Å². The van der Waals surface area contributed by atoms with Gasteiger partial charge in [0.1, 0.15) is 0 Å². The summed E-state index contributed by atoms with van der Waals surface area (Å²) < 4.78 is 0. The third-order valence-corrected chi connectivity index (χ3v) is 3.52. The highest BCUT2D eigenvalue weighted by Gasteiger charge is 2.23. The van der Waals surface area contributed by atoms with Crippen LogP contribution in [0.2, 0.25) is 0 Å². The standard InChI is InChI=1S/C13H23N/c1-9(2)10(3)11(4)14-12(5)13-7-6-8-13/h12-13H,6-8H2,1-5H3. The number of allylic oxidation sites excluding steroid dienone is 2. The van der Waals surface area contributed by atoms with E-state index in [0.717, 1.165) is 5.92 Å². The van der Waals surface area contributed by atoms with Crippen LogP contribution in [-0.4, -0.2) is 11.8 Å². The first-order valence-electron chi connectivity index (χ1n) is 5.71. The van der Waals surface area contributed by atoms with Gasteiger partial charge in [0.25, 0.3) is 0 Å². The van der Waals surface area contributed by atoms with E-state index in [1.54, 1.807) is 0 Å². The average Bonchev–Trinajstić information content (AvgIpc) is 1.98. The Morgan fingerprint density at radius 3 is 2.07 bits per heavy atom. The van der Waals surface area contributed by atoms with E-state index in [1.807, 2.05) is 0 Å². The monoisotopic (exact) mass is 193 g/mol. The fourth-order valence-corrected chi connectivity index (χ4v) is 1.79. The Hall–Kier alpha value is -0.590. The van der Waals surface area contributed by atoms with Gasteiger partial charge in [-0.1, -0.05) is 12.0 Å². The van der Waals surface area contributed by atoms with Crippen LogP contribution in [0.4, 0.5) is 0 Å². The first-order valence-corrected chi connectivity index (χ1v) is 5.71. The van der Waals surface area contributed by atoms with Crippen LogP contribution in [0.5, 0.6) is 0 Å². The highest BCUT2D eigenvalue weighted by atomic mass is 14.8. The lowest BCUT2D eigenvalue weighted by Crippen LogP contribution is -2.23. The molecular weight excluding hydrogens is 170 g/mol. The second kappa shape index (κ2) is 4.77. The molecule has 1 rings (SSSR count). The van der Waals surface area contributed by atoms with Crippen molar-refractivity contribution in [3.05, 3.63) is 11.1 Å². The van der Waals surface area contributed by atoms with Crippen LogP contribution in [-0.2, 0) is 0 Å². The van der Waals surface area contributed by atoms with Crippen LogP contribution >= 0.6 is 0 Å². The first-order chi connectivity index (χ1) is 6.52. The summed E-state index contributed by atoms with van der Waals surface area (Å²) in [5.41, 5.74) is 3.97. The molecule has 0 spiro atoms. The van der Waals surface area contributed by atoms with Crippen molar-refractivity contribution in [1.82, 2.24) is 0 Å². The van der Waals surface area contributed by atoms with E-state index >= 15 is 0 Å². The molecule has 0 aromatic heterocycles. The third kappa shape index (κ3) is 2.70. The summed E-state index contributed by atoms with van der Waals surface area (Å²) in [6.45, 7) is 10.9. The van der Waals surface area contributed by atoms with Crippen LogP contribution in [0.3, 0.4) is 0 Å². The summed E-state index contributed by atoms with van der Waals surface area (Å²) in [4.78, 5) is 4.78. The molecule has 14 heavy (non-hydrogen) atoms. The predicted molar refractivity (Wildman–Crippen MR) is 64.0 cm³/mol. The van der Waals surface area contributed by atoms with Crippen molar-refractivity contribution in [2.75, 3.05) is 0 Å². The van der Waals surface area contributed by atoms with E-state index in [-0.39, 0.29) is 0 Å². The number of nitrogens with zero attached hydrogens (tertiary/aromatic N) is 1. The Labute approximate surface area is 88.3 Å². The Morgan fingerprint density at radius 2 is 1.71 bits per heavy atom. The molecule has 1 unspecified atom stereocenters. The molecule has 0 aliphatic heterocycles. The molecule has 0 amide bonds. The van der Waals surface area contributed by atoms with Gasteiger partial charge in [0.2, 0.25) is 0 Å². The highest BCUT2D eigenvalue weighted by molar-refractivity contribution is 5.98. The van der Waals surface area contributed by atoms with Gasteiger partial charge in [0, 0.05) is 5.71 Å². The number of aliphatic imine (C=N–C) groups is 1. The van der Waals surface area contributed by atoms with Crippen molar-refractivity contribution >= 4 is 5.71 Å². The zero-order valence-corrected chi connectivity index (χ0v) is 10.2. The summed E-state index contributed by atoms with van der Waals surface area (Å²) >= 11 is 0. The van der Waals surface area contributed by atoms with E-state index in [1.165, 1.54) is 36.1 Å². The summed E-state index contributed by atoms with van der Waals surface area (Å²) in [6.07, 6.45) is 4.17.